The molecule has 2 aromatic carbocycles. The molecular weight excluding hydrogens is 309 g/mol. The highest BCUT2D eigenvalue weighted by Gasteiger charge is 2.26. The molecule has 1 aliphatic heterocycles. The fourth-order valence-electron chi connectivity index (χ4n) is 2.16. The predicted octanol–water partition coefficient (Wildman–Crippen LogP) is 5.08. The molecule has 0 radical (unpaired) electrons. The Bertz CT molecular complexity index is 756. The third-order valence-corrected chi connectivity index (χ3v) is 3.81. The Hall–Kier alpha value is -1.97. The third-order valence-electron chi connectivity index (χ3n) is 3.25. The summed E-state index contributed by atoms with van der Waals surface area (Å²) in [5.74, 6) is 0.470. The van der Waals surface area contributed by atoms with Crippen molar-refractivity contribution in [1.29, 1.82) is 0 Å². The van der Waals surface area contributed by atoms with Crippen molar-refractivity contribution in [3.63, 3.8) is 0 Å². The molecule has 0 spiro atoms. The largest absolute Gasteiger partial charge is 0.419 e. The van der Waals surface area contributed by atoms with Crippen molar-refractivity contribution in [1.82, 2.24) is 0 Å². The predicted molar refractivity (Wildman–Crippen MR) is 85.7 cm³/mol. The first-order chi connectivity index (χ1) is 10.1. The number of para-hydroxylation sites is 1. The smallest absolute Gasteiger partial charge is 0.409 e. The van der Waals surface area contributed by atoms with E-state index in [0.717, 1.165) is 16.8 Å². The number of ether oxygens (including phenoxy) is 1. The van der Waals surface area contributed by atoms with Gasteiger partial charge in [-0.05, 0) is 35.9 Å². The molecule has 1 aliphatic rings. The van der Waals surface area contributed by atoms with Gasteiger partial charge >= 0.3 is 6.09 Å². The van der Waals surface area contributed by atoms with Crippen molar-refractivity contribution in [3.05, 3.63) is 63.6 Å². The molecule has 0 saturated carbocycles. The van der Waals surface area contributed by atoms with E-state index >= 15 is 0 Å². The zero-order chi connectivity index (χ0) is 15.0. The minimum Gasteiger partial charge on any atom is -0.409 e. The third kappa shape index (κ3) is 2.62. The number of halogens is 2. The van der Waals surface area contributed by atoms with E-state index in [9.17, 15) is 4.79 Å². The number of anilines is 1. The maximum atomic E-state index is 11.9. The van der Waals surface area contributed by atoms with E-state index in [1.807, 2.05) is 24.3 Å². The van der Waals surface area contributed by atoms with Crippen LogP contribution in [0.1, 0.15) is 11.1 Å². The average Bonchev–Trinajstić information content (AvgIpc) is 2.47. The van der Waals surface area contributed by atoms with Gasteiger partial charge in [-0.25, -0.2) is 4.79 Å². The zero-order valence-corrected chi connectivity index (χ0v) is 12.7. The molecule has 5 heteroatoms. The molecule has 1 amide bonds. The summed E-state index contributed by atoms with van der Waals surface area (Å²) < 4.78 is 5.37. The Kier molecular flexibility index (Phi) is 3.62. The summed E-state index contributed by atoms with van der Waals surface area (Å²) in [5, 5.41) is 1.06. The molecule has 3 rings (SSSR count). The Morgan fingerprint density at radius 3 is 2.67 bits per heavy atom. The number of hydrogen-bond donors (Lipinski definition) is 0. The molecule has 0 atom stereocenters. The van der Waals surface area contributed by atoms with E-state index in [-0.39, 0.29) is 0 Å². The maximum Gasteiger partial charge on any atom is 0.419 e. The highest BCUT2D eigenvalue weighted by molar-refractivity contribution is 6.35. The lowest BCUT2D eigenvalue weighted by atomic mass is 10.1. The Morgan fingerprint density at radius 1 is 1.14 bits per heavy atom. The van der Waals surface area contributed by atoms with Gasteiger partial charge in [0.1, 0.15) is 5.76 Å². The number of carbonyl (C=O) groups is 1. The normalized spacial score (nSPS) is 15.9. The first-order valence-corrected chi connectivity index (χ1v) is 7.03. The van der Waals surface area contributed by atoms with Gasteiger partial charge in [-0.15, -0.1) is 0 Å². The molecule has 3 nitrogen and oxygen atoms in total. The summed E-state index contributed by atoms with van der Waals surface area (Å²) in [4.78, 5) is 13.4. The van der Waals surface area contributed by atoms with Crippen molar-refractivity contribution in [3.8, 4) is 0 Å². The molecule has 0 N–H and O–H groups in total. The van der Waals surface area contributed by atoms with Gasteiger partial charge in [0, 0.05) is 22.7 Å². The van der Waals surface area contributed by atoms with E-state index < -0.39 is 6.09 Å². The lowest BCUT2D eigenvalue weighted by Gasteiger charge is -2.26. The second kappa shape index (κ2) is 5.43. The van der Waals surface area contributed by atoms with Crippen molar-refractivity contribution >= 4 is 46.8 Å². The van der Waals surface area contributed by atoms with Crippen LogP contribution in [0.3, 0.4) is 0 Å². The van der Waals surface area contributed by atoms with Gasteiger partial charge in [0.05, 0.1) is 5.69 Å². The summed E-state index contributed by atoms with van der Waals surface area (Å²) >= 11 is 12.0. The summed E-state index contributed by atoms with van der Waals surface area (Å²) in [6.45, 7) is 0. The topological polar surface area (TPSA) is 29.5 Å². The molecule has 0 fully saturated rings. The lowest BCUT2D eigenvalue weighted by molar-refractivity contribution is 0.199. The van der Waals surface area contributed by atoms with Gasteiger partial charge in [0.15, 0.2) is 0 Å². The van der Waals surface area contributed by atoms with E-state index in [1.54, 1.807) is 31.3 Å². The molecule has 2 aromatic rings. The Labute approximate surface area is 132 Å². The summed E-state index contributed by atoms with van der Waals surface area (Å²) in [7, 11) is 1.67. The van der Waals surface area contributed by atoms with Crippen LogP contribution in [0.2, 0.25) is 10.0 Å². The number of cyclic esters (lactones) is 1. The van der Waals surface area contributed by atoms with Crippen molar-refractivity contribution in [2.24, 2.45) is 0 Å². The molecule has 1 heterocycles. The summed E-state index contributed by atoms with van der Waals surface area (Å²) in [6.07, 6.45) is 1.31. The minimum absolute atomic E-state index is 0.426. The quantitative estimate of drug-likeness (QED) is 0.733. The molecule has 0 aromatic heterocycles. The fraction of sp³-hybridized carbons (Fsp3) is 0.0625. The number of hydrogen-bond acceptors (Lipinski definition) is 2. The van der Waals surface area contributed by atoms with E-state index in [0.29, 0.717) is 15.8 Å². The number of rotatable bonds is 1. The van der Waals surface area contributed by atoms with Crippen LogP contribution >= 0.6 is 23.2 Å². The number of amides is 1. The summed E-state index contributed by atoms with van der Waals surface area (Å²) in [5.41, 5.74) is 2.37. The van der Waals surface area contributed by atoms with Crippen LogP contribution < -0.4 is 4.90 Å². The van der Waals surface area contributed by atoms with Crippen LogP contribution in [0.5, 0.6) is 0 Å². The van der Waals surface area contributed by atoms with Gasteiger partial charge in [0.2, 0.25) is 0 Å². The summed E-state index contributed by atoms with van der Waals surface area (Å²) in [6, 6.07) is 12.7. The first kappa shape index (κ1) is 14.0. The molecule has 0 saturated heterocycles. The van der Waals surface area contributed by atoms with Crippen molar-refractivity contribution < 1.29 is 9.53 Å². The van der Waals surface area contributed by atoms with Gasteiger partial charge in [-0.1, -0.05) is 41.4 Å². The SMILES string of the molecule is CN1C(=O)O/C(=C\c2ccc(Cl)cc2Cl)c2ccccc21. The molecular formula is C16H11Cl2NO2. The molecule has 106 valence electrons. The number of carbonyl (C=O) groups excluding carboxylic acids is 1. The number of nitrogens with zero attached hydrogens (tertiary/aromatic N) is 1. The minimum atomic E-state index is -0.426. The fourth-order valence-corrected chi connectivity index (χ4v) is 2.62. The Morgan fingerprint density at radius 2 is 1.90 bits per heavy atom. The van der Waals surface area contributed by atoms with E-state index in [2.05, 4.69) is 0 Å². The van der Waals surface area contributed by atoms with Gasteiger partial charge < -0.3 is 4.74 Å². The Balaban J connectivity index is 2.12. The number of benzene rings is 2. The van der Waals surface area contributed by atoms with Crippen LogP contribution in [-0.2, 0) is 4.74 Å². The van der Waals surface area contributed by atoms with E-state index in [4.69, 9.17) is 27.9 Å². The van der Waals surface area contributed by atoms with Crippen molar-refractivity contribution in [2.45, 2.75) is 0 Å². The van der Waals surface area contributed by atoms with Crippen LogP contribution in [0, 0.1) is 0 Å². The van der Waals surface area contributed by atoms with Gasteiger partial charge in [-0.3, -0.25) is 4.90 Å². The first-order valence-electron chi connectivity index (χ1n) is 6.28. The van der Waals surface area contributed by atoms with E-state index in [1.165, 1.54) is 4.90 Å². The highest BCUT2D eigenvalue weighted by Crippen LogP contribution is 2.35. The van der Waals surface area contributed by atoms with Crippen molar-refractivity contribution in [2.75, 3.05) is 11.9 Å². The molecule has 0 unspecified atom stereocenters. The van der Waals surface area contributed by atoms with Crippen LogP contribution in [0.15, 0.2) is 42.5 Å². The second-order valence-electron chi connectivity index (χ2n) is 4.62. The zero-order valence-electron chi connectivity index (χ0n) is 11.1. The molecule has 0 aliphatic carbocycles. The van der Waals surface area contributed by atoms with Crippen LogP contribution in [0.25, 0.3) is 11.8 Å². The maximum absolute atomic E-state index is 11.9. The number of fused-ring (bicyclic) bond motifs is 1. The highest BCUT2D eigenvalue weighted by atomic mass is 35.5. The molecule has 0 bridgehead atoms. The van der Waals surface area contributed by atoms with Crippen LogP contribution in [-0.4, -0.2) is 13.1 Å². The molecule has 21 heavy (non-hydrogen) atoms. The lowest BCUT2D eigenvalue weighted by Crippen LogP contribution is -2.31. The standard InChI is InChI=1S/C16H11Cl2NO2/c1-19-14-5-3-2-4-12(14)15(21-16(19)20)8-10-6-7-11(17)9-13(10)18/h2-9H,1H3/b15-8-. The second-order valence-corrected chi connectivity index (χ2v) is 5.46. The van der Waals surface area contributed by atoms with Gasteiger partial charge in [-0.2, -0.15) is 0 Å². The van der Waals surface area contributed by atoms with Gasteiger partial charge in [0.25, 0.3) is 0 Å². The monoisotopic (exact) mass is 319 g/mol. The van der Waals surface area contributed by atoms with Crippen LogP contribution in [0.4, 0.5) is 10.5 Å². The average molecular weight is 320 g/mol.